The number of hydrogen-bond acceptors (Lipinski definition) is 5. The average molecular weight is 332 g/mol. The predicted octanol–water partition coefficient (Wildman–Crippen LogP) is 2.15. The van der Waals surface area contributed by atoms with Crippen LogP contribution >= 0.6 is 11.3 Å². The molecule has 1 amide bonds. The number of carbonyl (C=O) groups is 2. The maximum atomic E-state index is 12.8. The van der Waals surface area contributed by atoms with Gasteiger partial charge in [-0.3, -0.25) is 9.59 Å². The predicted molar refractivity (Wildman–Crippen MR) is 84.6 cm³/mol. The second-order valence-electron chi connectivity index (χ2n) is 5.25. The summed E-state index contributed by atoms with van der Waals surface area (Å²) >= 11 is 1.38. The van der Waals surface area contributed by atoms with Crippen LogP contribution in [0.4, 0.5) is 0 Å². The Morgan fingerprint density at radius 1 is 1.43 bits per heavy atom. The van der Waals surface area contributed by atoms with E-state index in [-0.39, 0.29) is 5.91 Å². The smallest absolute Gasteiger partial charge is 0.313 e. The summed E-state index contributed by atoms with van der Waals surface area (Å²) in [6, 6.07) is 6.25. The average Bonchev–Trinajstić information content (AvgIpc) is 3.07. The Balaban J connectivity index is 2.15. The zero-order chi connectivity index (χ0) is 16.4. The van der Waals surface area contributed by atoms with Crippen molar-refractivity contribution in [3.8, 4) is 0 Å². The SMILES string of the molecule is COCCN1C(=O)c2ccccc2C(C(=O)O)C1c1cscn1. The number of methoxy groups -OCH3 is 1. The third-order valence-corrected chi connectivity index (χ3v) is 4.60. The number of hydrogen-bond donors (Lipinski definition) is 1. The molecular formula is C16H16N2O4S. The van der Waals surface area contributed by atoms with E-state index in [1.165, 1.54) is 11.3 Å². The van der Waals surface area contributed by atoms with Gasteiger partial charge in [-0.2, -0.15) is 0 Å². The molecule has 0 fully saturated rings. The van der Waals surface area contributed by atoms with Crippen molar-refractivity contribution in [3.05, 3.63) is 52.0 Å². The van der Waals surface area contributed by atoms with Crippen LogP contribution in [-0.4, -0.2) is 47.1 Å². The van der Waals surface area contributed by atoms with E-state index in [0.29, 0.717) is 30.0 Å². The molecule has 120 valence electrons. The lowest BCUT2D eigenvalue weighted by Gasteiger charge is -2.39. The Morgan fingerprint density at radius 3 is 2.87 bits per heavy atom. The van der Waals surface area contributed by atoms with Gasteiger partial charge in [0, 0.05) is 24.6 Å². The standard InChI is InChI=1S/C16H16N2O4S/c1-22-7-6-18-14(12-8-23-9-17-12)13(16(20)21)10-4-2-3-5-11(10)15(18)19/h2-5,8-9,13-14H,6-7H2,1H3,(H,20,21). The highest BCUT2D eigenvalue weighted by Gasteiger charge is 2.44. The minimum atomic E-state index is -0.967. The lowest BCUT2D eigenvalue weighted by atomic mass is 9.81. The Hall–Kier alpha value is -2.25. The highest BCUT2D eigenvalue weighted by atomic mass is 32.1. The van der Waals surface area contributed by atoms with Gasteiger partial charge in [-0.25, -0.2) is 4.98 Å². The first kappa shape index (κ1) is 15.6. The highest BCUT2D eigenvalue weighted by molar-refractivity contribution is 7.07. The van der Waals surface area contributed by atoms with Crippen LogP contribution in [0.5, 0.6) is 0 Å². The number of amides is 1. The van der Waals surface area contributed by atoms with Crippen molar-refractivity contribution in [2.75, 3.05) is 20.3 Å². The lowest BCUT2D eigenvalue weighted by Crippen LogP contribution is -2.46. The fraction of sp³-hybridized carbons (Fsp3) is 0.312. The summed E-state index contributed by atoms with van der Waals surface area (Å²) in [4.78, 5) is 30.6. The first-order chi connectivity index (χ1) is 11.1. The van der Waals surface area contributed by atoms with Crippen molar-refractivity contribution < 1.29 is 19.4 Å². The summed E-state index contributed by atoms with van der Waals surface area (Å²) in [6.07, 6.45) is 0. The zero-order valence-corrected chi connectivity index (χ0v) is 13.3. The Labute approximate surface area is 137 Å². The summed E-state index contributed by atoms with van der Waals surface area (Å²) in [5.41, 5.74) is 3.22. The molecule has 6 nitrogen and oxygen atoms in total. The van der Waals surface area contributed by atoms with Crippen LogP contribution in [0.25, 0.3) is 0 Å². The van der Waals surface area contributed by atoms with Crippen molar-refractivity contribution in [1.29, 1.82) is 0 Å². The fourth-order valence-electron chi connectivity index (χ4n) is 2.99. The number of fused-ring (bicyclic) bond motifs is 1. The molecule has 2 heterocycles. The Bertz CT molecular complexity index is 717. The molecule has 0 saturated heterocycles. The quantitative estimate of drug-likeness (QED) is 0.907. The number of carboxylic acids is 1. The van der Waals surface area contributed by atoms with Gasteiger partial charge in [0.25, 0.3) is 5.91 Å². The molecule has 1 aromatic heterocycles. The molecule has 2 unspecified atom stereocenters. The molecular weight excluding hydrogens is 316 g/mol. The molecule has 0 spiro atoms. The number of rotatable bonds is 5. The van der Waals surface area contributed by atoms with E-state index in [2.05, 4.69) is 4.98 Å². The van der Waals surface area contributed by atoms with Gasteiger partial charge in [-0.05, 0) is 11.6 Å². The van der Waals surface area contributed by atoms with Gasteiger partial charge in [0.15, 0.2) is 0 Å². The zero-order valence-electron chi connectivity index (χ0n) is 12.5. The number of carbonyl (C=O) groups excluding carboxylic acids is 1. The van der Waals surface area contributed by atoms with Crippen LogP contribution in [0.1, 0.15) is 33.6 Å². The summed E-state index contributed by atoms with van der Waals surface area (Å²) in [6.45, 7) is 0.649. The van der Waals surface area contributed by atoms with Crippen LogP contribution in [0.2, 0.25) is 0 Å². The van der Waals surface area contributed by atoms with Gasteiger partial charge < -0.3 is 14.7 Å². The van der Waals surface area contributed by atoms with E-state index >= 15 is 0 Å². The molecule has 23 heavy (non-hydrogen) atoms. The fourth-order valence-corrected chi connectivity index (χ4v) is 3.57. The van der Waals surface area contributed by atoms with E-state index in [4.69, 9.17) is 4.74 Å². The molecule has 0 saturated carbocycles. The third-order valence-electron chi connectivity index (χ3n) is 4.00. The molecule has 0 radical (unpaired) electrons. The molecule has 2 atom stereocenters. The first-order valence-electron chi connectivity index (χ1n) is 7.15. The molecule has 0 aliphatic carbocycles. The van der Waals surface area contributed by atoms with Gasteiger partial charge in [-0.1, -0.05) is 18.2 Å². The summed E-state index contributed by atoms with van der Waals surface area (Å²) in [7, 11) is 1.55. The lowest BCUT2D eigenvalue weighted by molar-refractivity contribution is -0.140. The van der Waals surface area contributed by atoms with Gasteiger partial charge in [-0.15, -0.1) is 11.3 Å². The van der Waals surface area contributed by atoms with E-state index in [0.717, 1.165) is 0 Å². The van der Waals surface area contributed by atoms with Crippen LogP contribution in [0, 0.1) is 0 Å². The van der Waals surface area contributed by atoms with Crippen LogP contribution in [-0.2, 0) is 9.53 Å². The molecule has 3 rings (SSSR count). The topological polar surface area (TPSA) is 79.7 Å². The minimum absolute atomic E-state index is 0.187. The molecule has 7 heteroatoms. The maximum absolute atomic E-state index is 12.8. The molecule has 1 aromatic carbocycles. The number of aromatic nitrogens is 1. The minimum Gasteiger partial charge on any atom is -0.481 e. The van der Waals surface area contributed by atoms with E-state index in [1.54, 1.807) is 47.2 Å². The monoisotopic (exact) mass is 332 g/mol. The van der Waals surface area contributed by atoms with E-state index in [9.17, 15) is 14.7 Å². The summed E-state index contributed by atoms with van der Waals surface area (Å²) < 4.78 is 5.08. The summed E-state index contributed by atoms with van der Waals surface area (Å²) in [5, 5.41) is 11.6. The largest absolute Gasteiger partial charge is 0.481 e. The molecule has 2 aromatic rings. The number of benzene rings is 1. The number of aliphatic carboxylic acids is 1. The normalized spacial score (nSPS) is 20.4. The second-order valence-corrected chi connectivity index (χ2v) is 5.97. The van der Waals surface area contributed by atoms with Gasteiger partial charge in [0.2, 0.25) is 0 Å². The van der Waals surface area contributed by atoms with E-state index < -0.39 is 17.9 Å². The third kappa shape index (κ3) is 2.73. The molecule has 0 bridgehead atoms. The number of nitrogens with zero attached hydrogens (tertiary/aromatic N) is 2. The number of thiazole rings is 1. The number of carboxylic acid groups (broad SMARTS) is 1. The molecule has 1 aliphatic heterocycles. The van der Waals surface area contributed by atoms with Crippen molar-refractivity contribution in [2.45, 2.75) is 12.0 Å². The van der Waals surface area contributed by atoms with Crippen molar-refractivity contribution >= 4 is 23.2 Å². The van der Waals surface area contributed by atoms with Crippen LogP contribution in [0.3, 0.4) is 0 Å². The van der Waals surface area contributed by atoms with Crippen molar-refractivity contribution in [2.24, 2.45) is 0 Å². The van der Waals surface area contributed by atoms with E-state index in [1.807, 2.05) is 0 Å². The first-order valence-corrected chi connectivity index (χ1v) is 8.09. The molecule has 1 N–H and O–H groups in total. The van der Waals surface area contributed by atoms with Crippen molar-refractivity contribution in [1.82, 2.24) is 9.88 Å². The van der Waals surface area contributed by atoms with Crippen LogP contribution < -0.4 is 0 Å². The second kappa shape index (κ2) is 6.47. The van der Waals surface area contributed by atoms with Gasteiger partial charge in [0.1, 0.15) is 5.92 Å². The van der Waals surface area contributed by atoms with Gasteiger partial charge in [0.05, 0.1) is 23.9 Å². The Kier molecular flexibility index (Phi) is 4.40. The highest BCUT2D eigenvalue weighted by Crippen LogP contribution is 2.42. The Morgan fingerprint density at radius 2 is 2.22 bits per heavy atom. The maximum Gasteiger partial charge on any atom is 0.313 e. The van der Waals surface area contributed by atoms with Crippen LogP contribution in [0.15, 0.2) is 35.2 Å². The molecule has 1 aliphatic rings. The van der Waals surface area contributed by atoms with Gasteiger partial charge >= 0.3 is 5.97 Å². The summed E-state index contributed by atoms with van der Waals surface area (Å²) in [5.74, 6) is -2.00. The van der Waals surface area contributed by atoms with Crippen molar-refractivity contribution in [3.63, 3.8) is 0 Å². The number of ether oxygens (including phenoxy) is 1.